The van der Waals surface area contributed by atoms with E-state index in [2.05, 4.69) is 15.3 Å². The number of carbonyl (C=O) groups excluding carboxylic acids is 1. The highest BCUT2D eigenvalue weighted by molar-refractivity contribution is 7.12. The van der Waals surface area contributed by atoms with Crippen molar-refractivity contribution >= 4 is 28.7 Å². The molecule has 0 aliphatic carbocycles. The van der Waals surface area contributed by atoms with Gasteiger partial charge in [0.25, 0.3) is 5.91 Å². The molecule has 3 heterocycles. The summed E-state index contributed by atoms with van der Waals surface area (Å²) in [6.07, 6.45) is 5.57. The van der Waals surface area contributed by atoms with Crippen LogP contribution in [0.4, 0.5) is 5.69 Å². The van der Waals surface area contributed by atoms with E-state index in [1.165, 1.54) is 11.3 Å². The molecule has 0 aliphatic rings. The molecule has 0 unspecified atom stereocenters. The predicted octanol–water partition coefficient (Wildman–Crippen LogP) is 4.02. The van der Waals surface area contributed by atoms with Gasteiger partial charge in [-0.25, -0.2) is 9.97 Å². The molecule has 0 bridgehead atoms. The number of carbonyl (C=O) groups is 1. The minimum atomic E-state index is -0.0854. The van der Waals surface area contributed by atoms with E-state index in [0.717, 1.165) is 22.5 Å². The van der Waals surface area contributed by atoms with Crippen molar-refractivity contribution in [2.45, 2.75) is 6.92 Å². The monoisotopic (exact) mass is 334 g/mol. The Kier molecular flexibility index (Phi) is 3.59. The van der Waals surface area contributed by atoms with Gasteiger partial charge in [-0.2, -0.15) is 0 Å². The third-order valence-corrected chi connectivity index (χ3v) is 4.68. The van der Waals surface area contributed by atoms with E-state index in [0.29, 0.717) is 10.7 Å². The van der Waals surface area contributed by atoms with Gasteiger partial charge in [-0.15, -0.1) is 11.3 Å². The number of hydrogen-bond donors (Lipinski definition) is 1. The van der Waals surface area contributed by atoms with Crippen LogP contribution in [0.1, 0.15) is 15.2 Å². The molecule has 5 nitrogen and oxygen atoms in total. The molecule has 0 fully saturated rings. The van der Waals surface area contributed by atoms with Crippen LogP contribution in [-0.2, 0) is 0 Å². The van der Waals surface area contributed by atoms with E-state index in [4.69, 9.17) is 0 Å². The van der Waals surface area contributed by atoms with Crippen molar-refractivity contribution < 1.29 is 4.79 Å². The average Bonchev–Trinajstić information content (AvgIpc) is 3.21. The van der Waals surface area contributed by atoms with Gasteiger partial charge >= 0.3 is 0 Å². The van der Waals surface area contributed by atoms with Crippen molar-refractivity contribution in [1.29, 1.82) is 0 Å². The second-order valence-electron chi connectivity index (χ2n) is 5.47. The third kappa shape index (κ3) is 2.79. The zero-order chi connectivity index (χ0) is 16.5. The Balaban J connectivity index is 1.55. The number of benzene rings is 1. The van der Waals surface area contributed by atoms with E-state index in [1.54, 1.807) is 6.20 Å². The summed E-state index contributed by atoms with van der Waals surface area (Å²) in [7, 11) is 0. The van der Waals surface area contributed by atoms with Crippen LogP contribution in [0.25, 0.3) is 17.0 Å². The summed E-state index contributed by atoms with van der Waals surface area (Å²) in [5.74, 6) is 0.579. The van der Waals surface area contributed by atoms with Gasteiger partial charge in [0.2, 0.25) is 5.78 Å². The molecule has 6 heteroatoms. The number of anilines is 1. The lowest BCUT2D eigenvalue weighted by Crippen LogP contribution is -2.09. The van der Waals surface area contributed by atoms with Gasteiger partial charge in [0.15, 0.2) is 0 Å². The molecule has 1 amide bonds. The summed E-state index contributed by atoms with van der Waals surface area (Å²) in [5.41, 5.74) is 3.68. The standard InChI is InChI=1S/C18H14N4OS/c1-12-9-16(24-11-12)17(23)20-14-5-3-13(4-6-14)15-10-22-8-2-7-19-18(22)21-15/h2-11H,1H3,(H,20,23). The Bertz CT molecular complexity index is 984. The molecule has 118 valence electrons. The molecule has 0 saturated heterocycles. The van der Waals surface area contributed by atoms with Gasteiger partial charge in [-0.3, -0.25) is 9.20 Å². The minimum Gasteiger partial charge on any atom is -0.321 e. The van der Waals surface area contributed by atoms with Crippen LogP contribution in [0.2, 0.25) is 0 Å². The number of imidazole rings is 1. The molecule has 0 spiro atoms. The second-order valence-corrected chi connectivity index (χ2v) is 6.38. The summed E-state index contributed by atoms with van der Waals surface area (Å²) in [6.45, 7) is 1.98. The number of nitrogens with one attached hydrogen (secondary N) is 1. The predicted molar refractivity (Wildman–Crippen MR) is 95.4 cm³/mol. The van der Waals surface area contributed by atoms with Crippen LogP contribution < -0.4 is 5.32 Å². The van der Waals surface area contributed by atoms with Crippen molar-refractivity contribution in [1.82, 2.24) is 14.4 Å². The number of rotatable bonds is 3. The molecule has 3 aromatic heterocycles. The molecule has 0 atom stereocenters. The van der Waals surface area contributed by atoms with Gasteiger partial charge in [0.05, 0.1) is 10.6 Å². The first-order valence-electron chi connectivity index (χ1n) is 7.46. The Morgan fingerprint density at radius 2 is 2.08 bits per heavy atom. The van der Waals surface area contributed by atoms with Crippen molar-refractivity contribution in [2.75, 3.05) is 5.32 Å². The molecule has 1 N–H and O–H groups in total. The summed E-state index contributed by atoms with van der Waals surface area (Å²) < 4.78 is 1.88. The molecule has 1 aromatic carbocycles. The number of fused-ring (bicyclic) bond motifs is 1. The van der Waals surface area contributed by atoms with E-state index in [1.807, 2.05) is 65.5 Å². The maximum absolute atomic E-state index is 12.2. The van der Waals surface area contributed by atoms with Crippen LogP contribution in [0, 0.1) is 6.92 Å². The molecule has 0 radical (unpaired) electrons. The highest BCUT2D eigenvalue weighted by atomic mass is 32.1. The zero-order valence-corrected chi connectivity index (χ0v) is 13.7. The van der Waals surface area contributed by atoms with Crippen molar-refractivity contribution in [3.63, 3.8) is 0 Å². The third-order valence-electron chi connectivity index (χ3n) is 3.63. The molecular formula is C18H14N4OS. The van der Waals surface area contributed by atoms with Crippen LogP contribution >= 0.6 is 11.3 Å². The van der Waals surface area contributed by atoms with Gasteiger partial charge < -0.3 is 5.32 Å². The Morgan fingerprint density at radius 3 is 2.79 bits per heavy atom. The Hall–Kier alpha value is -2.99. The topological polar surface area (TPSA) is 59.3 Å². The second kappa shape index (κ2) is 5.90. The summed E-state index contributed by atoms with van der Waals surface area (Å²) in [5, 5.41) is 4.88. The number of aryl methyl sites for hydroxylation is 1. The van der Waals surface area contributed by atoms with Crippen LogP contribution in [0.15, 0.2) is 60.4 Å². The number of aromatic nitrogens is 3. The minimum absolute atomic E-state index is 0.0854. The fourth-order valence-corrected chi connectivity index (χ4v) is 3.23. The molecule has 0 aliphatic heterocycles. The van der Waals surface area contributed by atoms with Crippen LogP contribution in [0.3, 0.4) is 0 Å². The molecule has 4 aromatic rings. The first-order valence-corrected chi connectivity index (χ1v) is 8.34. The fourth-order valence-electron chi connectivity index (χ4n) is 2.44. The van der Waals surface area contributed by atoms with Gasteiger partial charge in [0.1, 0.15) is 0 Å². The molecule has 24 heavy (non-hydrogen) atoms. The fraction of sp³-hybridized carbons (Fsp3) is 0.0556. The molecule has 0 saturated carbocycles. The number of nitrogens with zero attached hydrogens (tertiary/aromatic N) is 3. The first-order chi connectivity index (χ1) is 11.7. The summed E-state index contributed by atoms with van der Waals surface area (Å²) in [6, 6.07) is 11.4. The molecular weight excluding hydrogens is 320 g/mol. The summed E-state index contributed by atoms with van der Waals surface area (Å²) in [4.78, 5) is 21.6. The lowest BCUT2D eigenvalue weighted by atomic mass is 10.1. The number of hydrogen-bond acceptors (Lipinski definition) is 4. The average molecular weight is 334 g/mol. The first kappa shape index (κ1) is 14.6. The van der Waals surface area contributed by atoms with E-state index in [9.17, 15) is 4.79 Å². The van der Waals surface area contributed by atoms with E-state index < -0.39 is 0 Å². The maximum Gasteiger partial charge on any atom is 0.265 e. The number of thiophene rings is 1. The Morgan fingerprint density at radius 1 is 1.25 bits per heavy atom. The van der Waals surface area contributed by atoms with E-state index in [-0.39, 0.29) is 5.91 Å². The SMILES string of the molecule is Cc1csc(C(=O)Nc2ccc(-c3cn4cccnc4n3)cc2)c1. The van der Waals surface area contributed by atoms with Crippen LogP contribution in [0.5, 0.6) is 0 Å². The lowest BCUT2D eigenvalue weighted by Gasteiger charge is -2.04. The summed E-state index contributed by atoms with van der Waals surface area (Å²) >= 11 is 1.45. The Labute approximate surface area is 142 Å². The van der Waals surface area contributed by atoms with Gasteiger partial charge in [-0.05, 0) is 42.1 Å². The quantitative estimate of drug-likeness (QED) is 0.615. The largest absolute Gasteiger partial charge is 0.321 e. The highest BCUT2D eigenvalue weighted by Gasteiger charge is 2.09. The maximum atomic E-state index is 12.2. The van der Waals surface area contributed by atoms with Gasteiger partial charge in [0, 0.05) is 29.8 Å². The van der Waals surface area contributed by atoms with Crippen molar-refractivity contribution in [2.24, 2.45) is 0 Å². The van der Waals surface area contributed by atoms with Gasteiger partial charge in [-0.1, -0.05) is 12.1 Å². The highest BCUT2D eigenvalue weighted by Crippen LogP contribution is 2.22. The van der Waals surface area contributed by atoms with E-state index >= 15 is 0 Å². The zero-order valence-electron chi connectivity index (χ0n) is 12.9. The lowest BCUT2D eigenvalue weighted by molar-refractivity contribution is 0.103. The van der Waals surface area contributed by atoms with Crippen molar-refractivity contribution in [3.05, 3.63) is 70.8 Å². The normalized spacial score (nSPS) is 10.9. The number of amides is 1. The smallest absolute Gasteiger partial charge is 0.265 e. The van der Waals surface area contributed by atoms with Crippen LogP contribution in [-0.4, -0.2) is 20.3 Å². The van der Waals surface area contributed by atoms with Crippen molar-refractivity contribution in [3.8, 4) is 11.3 Å². The molecule has 4 rings (SSSR count).